The number of methoxy groups -OCH3 is 1. The van der Waals surface area contributed by atoms with Gasteiger partial charge >= 0.3 is 0 Å². The van der Waals surface area contributed by atoms with E-state index < -0.39 is 0 Å². The summed E-state index contributed by atoms with van der Waals surface area (Å²) in [4.78, 5) is 0.326. The van der Waals surface area contributed by atoms with Crippen LogP contribution < -0.4 is 4.74 Å². The molecule has 0 aliphatic heterocycles. The first-order chi connectivity index (χ1) is 9.51. The van der Waals surface area contributed by atoms with E-state index >= 15 is 0 Å². The highest BCUT2D eigenvalue weighted by molar-refractivity contribution is 9.09. The van der Waals surface area contributed by atoms with Crippen LogP contribution in [0.15, 0.2) is 36.4 Å². The SMILES string of the molecule is COc1c(C)cc(C(Br)Cc2cccc(C)c2)cc1C. The first-order valence-electron chi connectivity index (χ1n) is 6.86. The van der Waals surface area contributed by atoms with Crippen molar-refractivity contribution < 1.29 is 4.74 Å². The summed E-state index contributed by atoms with van der Waals surface area (Å²) in [6.07, 6.45) is 0.993. The van der Waals surface area contributed by atoms with Gasteiger partial charge in [-0.25, -0.2) is 0 Å². The van der Waals surface area contributed by atoms with Crippen molar-refractivity contribution in [2.24, 2.45) is 0 Å². The molecule has 0 saturated carbocycles. The molecule has 2 aromatic rings. The van der Waals surface area contributed by atoms with Gasteiger partial charge in [0.2, 0.25) is 0 Å². The molecule has 0 aliphatic carbocycles. The highest BCUT2D eigenvalue weighted by atomic mass is 79.9. The predicted molar refractivity (Wildman–Crippen MR) is 89.0 cm³/mol. The Balaban J connectivity index is 2.23. The van der Waals surface area contributed by atoms with Gasteiger partial charge in [-0.05, 0) is 49.4 Å². The number of rotatable bonds is 4. The second-order valence-electron chi connectivity index (χ2n) is 5.35. The zero-order valence-corrected chi connectivity index (χ0v) is 14.1. The van der Waals surface area contributed by atoms with Gasteiger partial charge in [-0.2, -0.15) is 0 Å². The summed E-state index contributed by atoms with van der Waals surface area (Å²) in [5.74, 6) is 0.990. The van der Waals surface area contributed by atoms with Crippen molar-refractivity contribution in [3.8, 4) is 5.75 Å². The molecule has 1 nitrogen and oxygen atoms in total. The fourth-order valence-corrected chi connectivity index (χ4v) is 3.29. The van der Waals surface area contributed by atoms with E-state index in [0.717, 1.165) is 12.2 Å². The normalized spacial score (nSPS) is 12.2. The summed E-state index contributed by atoms with van der Waals surface area (Å²) in [5, 5.41) is 0. The van der Waals surface area contributed by atoms with E-state index in [2.05, 4.69) is 73.1 Å². The van der Waals surface area contributed by atoms with Crippen LogP contribution in [-0.4, -0.2) is 7.11 Å². The van der Waals surface area contributed by atoms with Gasteiger partial charge < -0.3 is 4.74 Å². The van der Waals surface area contributed by atoms with E-state index in [1.165, 1.54) is 27.8 Å². The molecule has 0 amide bonds. The first-order valence-corrected chi connectivity index (χ1v) is 7.77. The molecular formula is C18H21BrO. The quantitative estimate of drug-likeness (QED) is 0.690. The van der Waals surface area contributed by atoms with Crippen LogP contribution in [0.1, 0.15) is 32.6 Å². The summed E-state index contributed by atoms with van der Waals surface area (Å²) in [6, 6.07) is 13.1. The van der Waals surface area contributed by atoms with Gasteiger partial charge in [-0.1, -0.05) is 57.9 Å². The van der Waals surface area contributed by atoms with Crippen molar-refractivity contribution in [3.63, 3.8) is 0 Å². The number of halogens is 1. The Labute approximate surface area is 130 Å². The molecule has 1 atom stereocenters. The summed E-state index contributed by atoms with van der Waals surface area (Å²) >= 11 is 3.82. The van der Waals surface area contributed by atoms with Crippen molar-refractivity contribution in [1.82, 2.24) is 0 Å². The maximum atomic E-state index is 5.43. The van der Waals surface area contributed by atoms with Gasteiger partial charge in [0.25, 0.3) is 0 Å². The topological polar surface area (TPSA) is 9.23 Å². The summed E-state index contributed by atoms with van der Waals surface area (Å²) in [6.45, 7) is 6.33. The maximum Gasteiger partial charge on any atom is 0.124 e. The van der Waals surface area contributed by atoms with Gasteiger partial charge in [-0.3, -0.25) is 0 Å². The third-order valence-electron chi connectivity index (χ3n) is 3.55. The highest BCUT2D eigenvalue weighted by Gasteiger charge is 2.12. The standard InChI is InChI=1S/C18H21BrO/c1-12-6-5-7-15(8-12)11-17(19)16-9-13(2)18(20-4)14(3)10-16/h5-10,17H,11H2,1-4H3. The van der Waals surface area contributed by atoms with Crippen LogP contribution in [0.4, 0.5) is 0 Å². The number of aryl methyl sites for hydroxylation is 3. The molecule has 0 fully saturated rings. The second-order valence-corrected chi connectivity index (χ2v) is 6.45. The van der Waals surface area contributed by atoms with Crippen LogP contribution in [0.2, 0.25) is 0 Å². The van der Waals surface area contributed by atoms with E-state index in [9.17, 15) is 0 Å². The zero-order chi connectivity index (χ0) is 14.7. The maximum absolute atomic E-state index is 5.43. The Morgan fingerprint density at radius 2 is 1.70 bits per heavy atom. The molecule has 1 unspecified atom stereocenters. The van der Waals surface area contributed by atoms with Crippen molar-refractivity contribution in [1.29, 1.82) is 0 Å². The van der Waals surface area contributed by atoms with Gasteiger partial charge in [-0.15, -0.1) is 0 Å². The smallest absolute Gasteiger partial charge is 0.124 e. The van der Waals surface area contributed by atoms with Crippen LogP contribution in [0, 0.1) is 20.8 Å². The minimum atomic E-state index is 0.326. The number of alkyl halides is 1. The van der Waals surface area contributed by atoms with Crippen molar-refractivity contribution in [3.05, 3.63) is 64.2 Å². The van der Waals surface area contributed by atoms with Gasteiger partial charge in [0, 0.05) is 4.83 Å². The molecule has 0 spiro atoms. The lowest BCUT2D eigenvalue weighted by Gasteiger charge is -2.15. The number of hydrogen-bond acceptors (Lipinski definition) is 1. The third kappa shape index (κ3) is 3.43. The Hall–Kier alpha value is -1.28. The Bertz CT molecular complexity index is 581. The summed E-state index contributed by atoms with van der Waals surface area (Å²) < 4.78 is 5.43. The number of ether oxygens (including phenoxy) is 1. The number of hydrogen-bond donors (Lipinski definition) is 0. The van der Waals surface area contributed by atoms with Gasteiger partial charge in [0.15, 0.2) is 0 Å². The average Bonchev–Trinajstić information content (AvgIpc) is 2.38. The zero-order valence-electron chi connectivity index (χ0n) is 12.5. The molecule has 0 heterocycles. The lowest BCUT2D eigenvalue weighted by molar-refractivity contribution is 0.408. The Kier molecular flexibility index (Phi) is 4.87. The van der Waals surface area contributed by atoms with Crippen LogP contribution >= 0.6 is 15.9 Å². The molecular weight excluding hydrogens is 312 g/mol. The van der Waals surface area contributed by atoms with Crippen LogP contribution in [0.3, 0.4) is 0 Å². The molecule has 0 aromatic heterocycles. The van der Waals surface area contributed by atoms with E-state index in [0.29, 0.717) is 4.83 Å². The van der Waals surface area contributed by atoms with Gasteiger partial charge in [0.1, 0.15) is 5.75 Å². The minimum Gasteiger partial charge on any atom is -0.496 e. The summed E-state index contributed by atoms with van der Waals surface area (Å²) in [5.41, 5.74) is 6.36. The third-order valence-corrected chi connectivity index (χ3v) is 4.40. The lowest BCUT2D eigenvalue weighted by atomic mass is 9.99. The van der Waals surface area contributed by atoms with Crippen LogP contribution in [0.5, 0.6) is 5.75 Å². The average molecular weight is 333 g/mol. The second kappa shape index (κ2) is 6.45. The van der Waals surface area contributed by atoms with Crippen molar-refractivity contribution in [2.45, 2.75) is 32.0 Å². The van der Waals surface area contributed by atoms with Crippen LogP contribution in [-0.2, 0) is 6.42 Å². The van der Waals surface area contributed by atoms with Crippen molar-refractivity contribution >= 4 is 15.9 Å². The predicted octanol–water partition coefficient (Wildman–Crippen LogP) is 5.30. The van der Waals surface area contributed by atoms with Gasteiger partial charge in [0.05, 0.1) is 7.11 Å². The fourth-order valence-electron chi connectivity index (χ4n) is 2.65. The minimum absolute atomic E-state index is 0.326. The van der Waals surface area contributed by atoms with E-state index in [1.54, 1.807) is 7.11 Å². The Morgan fingerprint density at radius 1 is 1.05 bits per heavy atom. The van der Waals surface area contributed by atoms with E-state index in [-0.39, 0.29) is 0 Å². The molecule has 2 aromatic carbocycles. The molecule has 0 aliphatic rings. The highest BCUT2D eigenvalue weighted by Crippen LogP contribution is 2.32. The molecule has 2 rings (SSSR count). The van der Waals surface area contributed by atoms with E-state index in [4.69, 9.17) is 4.74 Å². The molecule has 0 saturated heterocycles. The molecule has 0 radical (unpaired) electrons. The first kappa shape index (κ1) is 15.1. The number of benzene rings is 2. The largest absolute Gasteiger partial charge is 0.496 e. The monoisotopic (exact) mass is 332 g/mol. The molecule has 0 bridgehead atoms. The fraction of sp³-hybridized carbons (Fsp3) is 0.333. The molecule has 2 heteroatoms. The molecule has 0 N–H and O–H groups in total. The van der Waals surface area contributed by atoms with Crippen molar-refractivity contribution in [2.75, 3.05) is 7.11 Å². The Morgan fingerprint density at radius 3 is 2.25 bits per heavy atom. The van der Waals surface area contributed by atoms with E-state index in [1.807, 2.05) is 0 Å². The molecule has 106 valence electrons. The lowest BCUT2D eigenvalue weighted by Crippen LogP contribution is -1.99. The molecule has 20 heavy (non-hydrogen) atoms. The summed E-state index contributed by atoms with van der Waals surface area (Å²) in [7, 11) is 1.73. The van der Waals surface area contributed by atoms with Crippen LogP contribution in [0.25, 0.3) is 0 Å².